The molecule has 0 saturated carbocycles. The summed E-state index contributed by atoms with van der Waals surface area (Å²) in [5.41, 5.74) is -0.834. The predicted molar refractivity (Wildman–Crippen MR) is 63.8 cm³/mol. The molecule has 0 aromatic carbocycles. The summed E-state index contributed by atoms with van der Waals surface area (Å²) in [7, 11) is 0. The van der Waals surface area contributed by atoms with Crippen LogP contribution >= 0.6 is 11.6 Å². The Hall–Kier alpha value is -1.01. The molecule has 1 aliphatic heterocycles. The number of nitrogens with zero attached hydrogens (tertiary/aromatic N) is 1. The van der Waals surface area contributed by atoms with Gasteiger partial charge in [-0.25, -0.2) is 4.98 Å². The van der Waals surface area contributed by atoms with Gasteiger partial charge in [0.25, 0.3) is 0 Å². The lowest BCUT2D eigenvalue weighted by Gasteiger charge is -2.24. The minimum absolute atomic E-state index is 0.00426. The molecular weight excluding hydrogens is 267 g/mol. The molecule has 0 spiro atoms. The van der Waals surface area contributed by atoms with E-state index in [-0.39, 0.29) is 11.1 Å². The molecule has 1 unspecified atom stereocenters. The van der Waals surface area contributed by atoms with Crippen LogP contribution < -0.4 is 10.6 Å². The van der Waals surface area contributed by atoms with Crippen molar-refractivity contribution in [3.05, 3.63) is 22.8 Å². The van der Waals surface area contributed by atoms with Crippen LogP contribution in [-0.4, -0.2) is 24.1 Å². The quantitative estimate of drug-likeness (QED) is 0.874. The van der Waals surface area contributed by atoms with Crippen molar-refractivity contribution in [3.63, 3.8) is 0 Å². The van der Waals surface area contributed by atoms with E-state index in [9.17, 15) is 13.2 Å². The maximum absolute atomic E-state index is 12.4. The summed E-state index contributed by atoms with van der Waals surface area (Å²) in [5, 5.41) is 6.25. The Morgan fingerprint density at radius 2 is 2.22 bits per heavy atom. The summed E-state index contributed by atoms with van der Waals surface area (Å²) >= 11 is 5.81. The van der Waals surface area contributed by atoms with Gasteiger partial charge in [0.1, 0.15) is 5.82 Å². The molecule has 1 aromatic heterocycles. The van der Waals surface area contributed by atoms with Crippen LogP contribution in [0.5, 0.6) is 0 Å². The number of rotatable bonds is 2. The second-order valence-corrected chi connectivity index (χ2v) is 4.65. The zero-order chi connectivity index (χ0) is 13.2. The molecule has 1 aliphatic rings. The van der Waals surface area contributed by atoms with Gasteiger partial charge < -0.3 is 10.6 Å². The molecule has 18 heavy (non-hydrogen) atoms. The van der Waals surface area contributed by atoms with Crippen LogP contribution in [0.1, 0.15) is 18.4 Å². The molecule has 0 radical (unpaired) electrons. The Labute approximate surface area is 108 Å². The van der Waals surface area contributed by atoms with Crippen molar-refractivity contribution in [1.82, 2.24) is 10.3 Å². The number of nitrogens with one attached hydrogen (secondary N) is 2. The molecule has 0 amide bonds. The number of piperidine rings is 1. The van der Waals surface area contributed by atoms with E-state index in [0.717, 1.165) is 38.2 Å². The first kappa shape index (κ1) is 13.4. The number of anilines is 1. The predicted octanol–water partition coefficient (Wildman–Crippen LogP) is 2.92. The zero-order valence-corrected chi connectivity index (χ0v) is 10.3. The largest absolute Gasteiger partial charge is 0.417 e. The van der Waals surface area contributed by atoms with Gasteiger partial charge in [-0.3, -0.25) is 0 Å². The third-order valence-corrected chi connectivity index (χ3v) is 3.09. The molecule has 1 aromatic rings. The first-order chi connectivity index (χ1) is 8.47. The molecule has 2 heterocycles. The smallest absolute Gasteiger partial charge is 0.365 e. The maximum atomic E-state index is 12.4. The summed E-state index contributed by atoms with van der Waals surface area (Å²) in [6.45, 7) is 1.73. The average Bonchev–Trinajstić information content (AvgIpc) is 2.32. The monoisotopic (exact) mass is 279 g/mol. The maximum Gasteiger partial charge on any atom is 0.417 e. The number of pyridine rings is 1. The lowest BCUT2D eigenvalue weighted by molar-refractivity contribution is -0.137. The highest BCUT2D eigenvalue weighted by atomic mass is 35.5. The zero-order valence-electron chi connectivity index (χ0n) is 9.52. The first-order valence-corrected chi connectivity index (χ1v) is 6.04. The van der Waals surface area contributed by atoms with Crippen molar-refractivity contribution in [2.45, 2.75) is 25.1 Å². The van der Waals surface area contributed by atoms with E-state index < -0.39 is 11.7 Å². The van der Waals surface area contributed by atoms with E-state index >= 15 is 0 Å². The summed E-state index contributed by atoms with van der Waals surface area (Å²) in [4.78, 5) is 3.75. The molecule has 2 N–H and O–H groups in total. The third kappa shape index (κ3) is 3.26. The highest BCUT2D eigenvalue weighted by Crippen LogP contribution is 2.32. The number of hydrogen-bond donors (Lipinski definition) is 2. The molecule has 0 aliphatic carbocycles. The van der Waals surface area contributed by atoms with E-state index in [1.165, 1.54) is 0 Å². The van der Waals surface area contributed by atoms with Gasteiger partial charge in [0.2, 0.25) is 0 Å². The van der Waals surface area contributed by atoms with E-state index in [0.29, 0.717) is 5.82 Å². The first-order valence-electron chi connectivity index (χ1n) is 5.67. The Bertz CT molecular complexity index is 416. The lowest BCUT2D eigenvalue weighted by atomic mass is 10.1. The molecule has 1 fully saturated rings. The van der Waals surface area contributed by atoms with Crippen molar-refractivity contribution in [3.8, 4) is 0 Å². The van der Waals surface area contributed by atoms with Crippen LogP contribution in [-0.2, 0) is 6.18 Å². The number of aromatic nitrogens is 1. The van der Waals surface area contributed by atoms with Gasteiger partial charge in [-0.05, 0) is 25.5 Å². The molecule has 2 rings (SSSR count). The molecular formula is C11H13ClF3N3. The highest BCUT2D eigenvalue weighted by Gasteiger charge is 2.31. The molecule has 1 atom stereocenters. The Balaban J connectivity index is 2.09. The molecule has 7 heteroatoms. The minimum Gasteiger partial charge on any atom is -0.365 e. The Morgan fingerprint density at radius 3 is 2.78 bits per heavy atom. The fourth-order valence-corrected chi connectivity index (χ4v) is 2.09. The van der Waals surface area contributed by atoms with Gasteiger partial charge in [0.15, 0.2) is 0 Å². The minimum atomic E-state index is -4.42. The van der Waals surface area contributed by atoms with Crippen LogP contribution in [0.3, 0.4) is 0 Å². The van der Waals surface area contributed by atoms with Gasteiger partial charge in [-0.15, -0.1) is 0 Å². The fraction of sp³-hybridized carbons (Fsp3) is 0.545. The van der Waals surface area contributed by atoms with E-state index in [4.69, 9.17) is 11.6 Å². The standard InChI is InChI=1S/C11H13ClF3N3/c12-9-4-7(11(13,14)15)5-17-10(9)18-8-2-1-3-16-6-8/h4-5,8,16H,1-3,6H2,(H,17,18). The van der Waals surface area contributed by atoms with Crippen LogP contribution in [0.2, 0.25) is 5.02 Å². The Morgan fingerprint density at radius 1 is 1.44 bits per heavy atom. The summed E-state index contributed by atoms with van der Waals surface area (Å²) < 4.78 is 37.3. The van der Waals surface area contributed by atoms with Gasteiger partial charge in [-0.1, -0.05) is 11.6 Å². The Kier molecular flexibility index (Phi) is 3.97. The van der Waals surface area contributed by atoms with Gasteiger partial charge in [0.05, 0.1) is 10.6 Å². The summed E-state index contributed by atoms with van der Waals surface area (Å²) in [5.74, 6) is 0.304. The SMILES string of the molecule is FC(F)(F)c1cnc(NC2CCCNC2)c(Cl)c1. The van der Waals surface area contributed by atoms with Crippen molar-refractivity contribution < 1.29 is 13.2 Å². The van der Waals surface area contributed by atoms with Gasteiger partial charge in [0, 0.05) is 18.8 Å². The molecule has 0 bridgehead atoms. The number of alkyl halides is 3. The van der Waals surface area contributed by atoms with Crippen LogP contribution in [0.25, 0.3) is 0 Å². The third-order valence-electron chi connectivity index (χ3n) is 2.81. The topological polar surface area (TPSA) is 37.0 Å². The van der Waals surface area contributed by atoms with Gasteiger partial charge >= 0.3 is 6.18 Å². The van der Waals surface area contributed by atoms with E-state index in [1.807, 2.05) is 0 Å². The van der Waals surface area contributed by atoms with Crippen LogP contribution in [0, 0.1) is 0 Å². The highest BCUT2D eigenvalue weighted by molar-refractivity contribution is 6.33. The van der Waals surface area contributed by atoms with Crippen molar-refractivity contribution in [1.29, 1.82) is 0 Å². The molecule has 100 valence electrons. The van der Waals surface area contributed by atoms with Gasteiger partial charge in [-0.2, -0.15) is 13.2 Å². The van der Waals surface area contributed by atoms with Crippen LogP contribution in [0.15, 0.2) is 12.3 Å². The van der Waals surface area contributed by atoms with E-state index in [1.54, 1.807) is 0 Å². The molecule has 3 nitrogen and oxygen atoms in total. The van der Waals surface area contributed by atoms with Crippen LogP contribution in [0.4, 0.5) is 19.0 Å². The van der Waals surface area contributed by atoms with Crippen molar-refractivity contribution in [2.75, 3.05) is 18.4 Å². The second-order valence-electron chi connectivity index (χ2n) is 4.24. The number of halogens is 4. The summed E-state index contributed by atoms with van der Waals surface area (Å²) in [6.07, 6.45) is -1.64. The normalized spacial score (nSPS) is 20.8. The molecule has 1 saturated heterocycles. The average molecular weight is 280 g/mol. The summed E-state index contributed by atoms with van der Waals surface area (Å²) in [6, 6.07) is 1.05. The lowest BCUT2D eigenvalue weighted by Crippen LogP contribution is -2.38. The fourth-order valence-electron chi connectivity index (χ4n) is 1.87. The number of hydrogen-bond acceptors (Lipinski definition) is 3. The second kappa shape index (κ2) is 5.32. The van der Waals surface area contributed by atoms with E-state index in [2.05, 4.69) is 15.6 Å². The van der Waals surface area contributed by atoms with Crippen molar-refractivity contribution in [2.24, 2.45) is 0 Å². The van der Waals surface area contributed by atoms with Crippen molar-refractivity contribution >= 4 is 17.4 Å².